The highest BCUT2D eigenvalue weighted by atomic mass is 31.1. The topological polar surface area (TPSA) is 66.4 Å². The van der Waals surface area contributed by atoms with Crippen molar-refractivity contribution in [3.05, 3.63) is 66.2 Å². The smallest absolute Gasteiger partial charge is 0.134 e. The zero-order valence-corrected chi connectivity index (χ0v) is 19.7. The number of methoxy groups -OCH3 is 5. The van der Waals surface area contributed by atoms with Gasteiger partial charge in [0.05, 0.1) is 46.2 Å². The molecule has 0 amide bonds. The van der Waals surface area contributed by atoms with Gasteiger partial charge in [0.1, 0.15) is 34.5 Å². The summed E-state index contributed by atoms with van der Waals surface area (Å²) < 4.78 is 28.2. The molecule has 0 radical (unpaired) electrons. The highest BCUT2D eigenvalue weighted by Crippen LogP contribution is 2.54. The minimum Gasteiger partial charge on any atom is -0.508 e. The van der Waals surface area contributed by atoms with Crippen LogP contribution >= 0.6 is 7.92 Å². The van der Waals surface area contributed by atoms with Crippen molar-refractivity contribution in [3.63, 3.8) is 0 Å². The quantitative estimate of drug-likeness (QED) is 0.326. The number of hydrogen-bond donors (Lipinski definition) is 1. The molecule has 1 atom stereocenters. The van der Waals surface area contributed by atoms with Crippen molar-refractivity contribution in [2.24, 2.45) is 0 Å². The average Bonchev–Trinajstić information content (AvgIpc) is 2.77. The van der Waals surface area contributed by atoms with Gasteiger partial charge in [0.25, 0.3) is 0 Å². The van der Waals surface area contributed by atoms with E-state index in [1.165, 1.54) is 0 Å². The second kappa shape index (κ2) is 10.8. The van der Waals surface area contributed by atoms with Gasteiger partial charge in [-0.3, -0.25) is 0 Å². The first-order valence-corrected chi connectivity index (χ1v) is 10.7. The maximum Gasteiger partial charge on any atom is 0.134 e. The Labute approximate surface area is 185 Å². The summed E-state index contributed by atoms with van der Waals surface area (Å²) in [6.45, 7) is 9.64. The first kappa shape index (κ1) is 24.2. The lowest BCUT2D eigenvalue weighted by molar-refractivity contribution is 0.380. The normalized spacial score (nSPS) is 12.0. The van der Waals surface area contributed by atoms with Gasteiger partial charge in [-0.2, -0.15) is 0 Å². The molecule has 0 spiro atoms. The molecule has 0 fully saturated rings. The molecular formula is C24H29O6P. The molecule has 0 aromatic heterocycles. The number of rotatable bonds is 10. The molecule has 0 bridgehead atoms. The van der Waals surface area contributed by atoms with Crippen LogP contribution in [-0.4, -0.2) is 40.7 Å². The molecule has 0 aliphatic rings. The van der Waals surface area contributed by atoms with E-state index in [1.807, 2.05) is 25.1 Å². The van der Waals surface area contributed by atoms with E-state index in [2.05, 4.69) is 13.2 Å². The minimum absolute atomic E-state index is 0.0954. The van der Waals surface area contributed by atoms with Gasteiger partial charge in [-0.1, -0.05) is 24.8 Å². The van der Waals surface area contributed by atoms with Crippen LogP contribution in [-0.2, 0) is 0 Å². The van der Waals surface area contributed by atoms with Gasteiger partial charge in [0.15, 0.2) is 0 Å². The summed E-state index contributed by atoms with van der Waals surface area (Å²) in [6, 6.07) is 9.07. The Morgan fingerprint density at radius 2 is 1.26 bits per heavy atom. The Morgan fingerprint density at radius 1 is 0.806 bits per heavy atom. The van der Waals surface area contributed by atoms with Crippen LogP contribution in [0.2, 0.25) is 0 Å². The largest absolute Gasteiger partial charge is 0.508 e. The first-order valence-electron chi connectivity index (χ1n) is 9.39. The summed E-state index contributed by atoms with van der Waals surface area (Å²) in [7, 11) is 6.37. The molecule has 2 aromatic rings. The Kier molecular flexibility index (Phi) is 8.40. The van der Waals surface area contributed by atoms with Crippen LogP contribution in [0.15, 0.2) is 66.2 Å². The third kappa shape index (κ3) is 5.15. The highest BCUT2D eigenvalue weighted by molar-refractivity contribution is 7.77. The predicted molar refractivity (Wildman–Crippen MR) is 126 cm³/mol. The van der Waals surface area contributed by atoms with Crippen LogP contribution < -0.4 is 34.3 Å². The molecule has 0 heterocycles. The van der Waals surface area contributed by atoms with Crippen LogP contribution in [0.25, 0.3) is 0 Å². The predicted octanol–water partition coefficient (Wildman–Crippen LogP) is 4.69. The Balaban J connectivity index is 3.06. The molecule has 31 heavy (non-hydrogen) atoms. The number of aliphatic hydroxyl groups is 1. The maximum atomic E-state index is 10.6. The van der Waals surface area contributed by atoms with E-state index in [1.54, 1.807) is 53.8 Å². The van der Waals surface area contributed by atoms with Crippen molar-refractivity contribution in [1.29, 1.82) is 0 Å². The lowest BCUT2D eigenvalue weighted by atomic mass is 10.3. The van der Waals surface area contributed by atoms with Crippen molar-refractivity contribution in [2.45, 2.75) is 6.92 Å². The average molecular weight is 444 g/mol. The van der Waals surface area contributed by atoms with Gasteiger partial charge >= 0.3 is 0 Å². The monoisotopic (exact) mass is 444 g/mol. The molecule has 6 nitrogen and oxygen atoms in total. The fourth-order valence-corrected chi connectivity index (χ4v) is 5.96. The third-order valence-corrected chi connectivity index (χ3v) is 7.10. The summed E-state index contributed by atoms with van der Waals surface area (Å²) in [6.07, 6.45) is 1.79. The summed E-state index contributed by atoms with van der Waals surface area (Å²) >= 11 is 0. The molecule has 7 heteroatoms. The van der Waals surface area contributed by atoms with Crippen LogP contribution in [0, 0.1) is 0 Å². The fraction of sp³-hybridized carbons (Fsp3) is 0.250. The lowest BCUT2D eigenvalue weighted by Crippen LogP contribution is -2.21. The van der Waals surface area contributed by atoms with E-state index in [9.17, 15) is 5.11 Å². The standard InChI is InChI=1S/C24H29O6P/c1-15(2)12-22(16(3)25)31(23-18(27-5)10-9-11-19(23)28-6)24-20(29-7)13-17(26-4)14-21(24)30-8/h9-14,25H,1,3H2,2,4-8H3/b22-12+. The van der Waals surface area contributed by atoms with Gasteiger partial charge < -0.3 is 28.8 Å². The first-order chi connectivity index (χ1) is 14.8. The second-order valence-corrected chi connectivity index (χ2v) is 8.60. The Morgan fingerprint density at radius 3 is 1.61 bits per heavy atom. The molecule has 1 unspecified atom stereocenters. The Bertz CT molecular complexity index is 948. The van der Waals surface area contributed by atoms with Gasteiger partial charge in [-0.15, -0.1) is 0 Å². The summed E-state index contributed by atoms with van der Waals surface area (Å²) in [5.41, 5.74) is 0.748. The van der Waals surface area contributed by atoms with Crippen LogP contribution in [0.3, 0.4) is 0 Å². The molecule has 0 aliphatic carbocycles. The minimum atomic E-state index is -1.51. The van der Waals surface area contributed by atoms with Crippen molar-refractivity contribution in [3.8, 4) is 28.7 Å². The summed E-state index contributed by atoms with van der Waals surface area (Å²) in [5.74, 6) is 2.74. The van der Waals surface area contributed by atoms with Gasteiger partial charge in [0.2, 0.25) is 0 Å². The number of ether oxygens (including phenoxy) is 5. The molecule has 0 saturated heterocycles. The van der Waals surface area contributed by atoms with Gasteiger partial charge in [-0.25, -0.2) is 0 Å². The van der Waals surface area contributed by atoms with Crippen LogP contribution in [0.1, 0.15) is 6.92 Å². The van der Waals surface area contributed by atoms with E-state index in [0.29, 0.717) is 39.4 Å². The number of allylic oxidation sites excluding steroid dienone is 3. The number of benzene rings is 2. The van der Waals surface area contributed by atoms with Crippen molar-refractivity contribution in [2.75, 3.05) is 35.5 Å². The van der Waals surface area contributed by atoms with E-state index < -0.39 is 7.92 Å². The molecule has 2 aromatic carbocycles. The number of hydrogen-bond acceptors (Lipinski definition) is 6. The zero-order chi connectivity index (χ0) is 23.1. The zero-order valence-electron chi connectivity index (χ0n) is 18.8. The van der Waals surface area contributed by atoms with Gasteiger partial charge in [0, 0.05) is 25.4 Å². The molecule has 1 N–H and O–H groups in total. The molecule has 2 rings (SSSR count). The van der Waals surface area contributed by atoms with Crippen LogP contribution in [0.5, 0.6) is 28.7 Å². The molecule has 0 aliphatic heterocycles. The molecule has 166 valence electrons. The van der Waals surface area contributed by atoms with Gasteiger partial charge in [-0.05, 0) is 25.1 Å². The highest BCUT2D eigenvalue weighted by Gasteiger charge is 2.33. The third-order valence-electron chi connectivity index (χ3n) is 4.46. The Hall–Kier alpha value is -3.11. The van der Waals surface area contributed by atoms with Crippen molar-refractivity contribution in [1.82, 2.24) is 0 Å². The number of aliphatic hydroxyl groups excluding tert-OH is 1. The second-order valence-electron chi connectivity index (χ2n) is 6.55. The fourth-order valence-electron chi connectivity index (χ4n) is 3.12. The van der Waals surface area contributed by atoms with E-state index >= 15 is 0 Å². The van der Waals surface area contributed by atoms with Crippen molar-refractivity contribution >= 4 is 18.5 Å². The van der Waals surface area contributed by atoms with E-state index in [-0.39, 0.29) is 5.76 Å². The van der Waals surface area contributed by atoms with E-state index in [0.717, 1.165) is 10.9 Å². The van der Waals surface area contributed by atoms with E-state index in [4.69, 9.17) is 23.7 Å². The van der Waals surface area contributed by atoms with Crippen molar-refractivity contribution < 1.29 is 28.8 Å². The summed E-state index contributed by atoms with van der Waals surface area (Å²) in [5, 5.41) is 12.7. The summed E-state index contributed by atoms with van der Waals surface area (Å²) in [4.78, 5) is 0. The molecular weight excluding hydrogens is 415 g/mol. The molecule has 0 saturated carbocycles. The maximum absolute atomic E-state index is 10.6. The van der Waals surface area contributed by atoms with Crippen LogP contribution in [0.4, 0.5) is 0 Å². The lowest BCUT2D eigenvalue weighted by Gasteiger charge is -2.28. The SMILES string of the molecule is C=C(C)/C=C(\C(=C)O)P(c1c(OC)cccc1OC)c1c(OC)cc(OC)cc1OC.